The second-order valence-corrected chi connectivity index (χ2v) is 2.26. The van der Waals surface area contributed by atoms with Gasteiger partial charge in [-0.05, 0) is 6.07 Å². The van der Waals surface area contributed by atoms with Crippen LogP contribution < -0.4 is 5.73 Å². The minimum Gasteiger partial charge on any atom is -0.409 e. The number of oxime groups is 1. The number of nitro benzene ring substituents is 1. The summed E-state index contributed by atoms with van der Waals surface area (Å²) in [5.74, 6) is -0.271. The van der Waals surface area contributed by atoms with Crippen LogP contribution in [0.2, 0.25) is 0 Å². The summed E-state index contributed by atoms with van der Waals surface area (Å²) in [5.41, 5.74) is 5.15. The smallest absolute Gasteiger partial charge is 0.280 e. The van der Waals surface area contributed by atoms with Gasteiger partial charge in [-0.25, -0.2) is 0 Å². The summed E-state index contributed by atoms with van der Waals surface area (Å²) in [6, 6.07) is 5.77. The number of rotatable bonds is 2. The number of amidine groups is 1. The third-order valence-corrected chi connectivity index (χ3v) is 1.48. The Hall–Kier alpha value is -2.11. The van der Waals surface area contributed by atoms with E-state index in [1.54, 1.807) is 6.07 Å². The summed E-state index contributed by atoms with van der Waals surface area (Å²) in [6.45, 7) is 0. The number of nitrogens with zero attached hydrogens (tertiary/aromatic N) is 2. The van der Waals surface area contributed by atoms with Crippen molar-refractivity contribution < 1.29 is 10.1 Å². The van der Waals surface area contributed by atoms with Crippen molar-refractivity contribution in [2.45, 2.75) is 0 Å². The molecule has 68 valence electrons. The molecule has 1 aromatic rings. The summed E-state index contributed by atoms with van der Waals surface area (Å²) >= 11 is 0. The first-order valence-electron chi connectivity index (χ1n) is 3.38. The van der Waals surface area contributed by atoms with E-state index in [1.165, 1.54) is 18.2 Å². The van der Waals surface area contributed by atoms with E-state index in [2.05, 4.69) is 5.16 Å². The van der Waals surface area contributed by atoms with E-state index in [4.69, 9.17) is 10.9 Å². The van der Waals surface area contributed by atoms with Crippen LogP contribution in [0.3, 0.4) is 0 Å². The molecule has 0 saturated heterocycles. The van der Waals surface area contributed by atoms with Crippen molar-refractivity contribution in [2.75, 3.05) is 0 Å². The quantitative estimate of drug-likeness (QED) is 0.230. The Bertz CT molecular complexity index is 362. The van der Waals surface area contributed by atoms with Gasteiger partial charge in [0.15, 0.2) is 5.84 Å². The third kappa shape index (κ3) is 1.73. The lowest BCUT2D eigenvalue weighted by Gasteiger charge is -1.98. The summed E-state index contributed by atoms with van der Waals surface area (Å²) in [7, 11) is 0. The topological polar surface area (TPSA) is 102 Å². The van der Waals surface area contributed by atoms with Crippen LogP contribution in [0.5, 0.6) is 0 Å². The van der Waals surface area contributed by atoms with E-state index in [-0.39, 0.29) is 17.1 Å². The molecule has 1 rings (SSSR count). The number of nitro groups is 1. The molecule has 0 saturated carbocycles. The zero-order chi connectivity index (χ0) is 9.84. The maximum atomic E-state index is 10.5. The Labute approximate surface area is 73.4 Å². The third-order valence-electron chi connectivity index (χ3n) is 1.48. The number of hydrogen-bond donors (Lipinski definition) is 2. The Morgan fingerprint density at radius 2 is 2.15 bits per heavy atom. The van der Waals surface area contributed by atoms with Crippen molar-refractivity contribution in [1.82, 2.24) is 0 Å². The van der Waals surface area contributed by atoms with Crippen LogP contribution in [0.4, 0.5) is 5.69 Å². The average Bonchev–Trinajstić information content (AvgIpc) is 2.16. The highest BCUT2D eigenvalue weighted by atomic mass is 16.6. The molecule has 0 spiro atoms. The van der Waals surface area contributed by atoms with E-state index in [0.29, 0.717) is 0 Å². The van der Waals surface area contributed by atoms with Gasteiger partial charge in [-0.3, -0.25) is 10.1 Å². The lowest BCUT2D eigenvalue weighted by molar-refractivity contribution is -0.385. The molecule has 0 amide bonds. The monoisotopic (exact) mass is 181 g/mol. The van der Waals surface area contributed by atoms with Gasteiger partial charge >= 0.3 is 0 Å². The Balaban J connectivity index is 3.28. The molecule has 6 nitrogen and oxygen atoms in total. The van der Waals surface area contributed by atoms with Gasteiger partial charge in [0.05, 0.1) is 10.5 Å². The van der Waals surface area contributed by atoms with Crippen molar-refractivity contribution >= 4 is 11.5 Å². The molecule has 0 unspecified atom stereocenters. The Kier molecular flexibility index (Phi) is 2.44. The summed E-state index contributed by atoms with van der Waals surface area (Å²) in [6.07, 6.45) is 0. The van der Waals surface area contributed by atoms with E-state index in [1.807, 2.05) is 0 Å². The molecule has 1 aromatic carbocycles. The number of nitrogens with two attached hydrogens (primary N) is 1. The van der Waals surface area contributed by atoms with Crippen LogP contribution in [-0.4, -0.2) is 16.0 Å². The number of hydrogen-bond acceptors (Lipinski definition) is 4. The lowest BCUT2D eigenvalue weighted by Crippen LogP contribution is -2.14. The lowest BCUT2D eigenvalue weighted by atomic mass is 10.1. The molecule has 0 heterocycles. The fourth-order valence-corrected chi connectivity index (χ4v) is 0.903. The van der Waals surface area contributed by atoms with Crippen LogP contribution in [-0.2, 0) is 0 Å². The molecule has 0 aromatic heterocycles. The van der Waals surface area contributed by atoms with Gasteiger partial charge in [0.2, 0.25) is 0 Å². The van der Waals surface area contributed by atoms with Gasteiger partial charge in [-0.15, -0.1) is 0 Å². The average molecular weight is 181 g/mol. The van der Waals surface area contributed by atoms with Crippen molar-refractivity contribution in [3.05, 3.63) is 39.9 Å². The molecule has 0 bridgehead atoms. The second-order valence-electron chi connectivity index (χ2n) is 2.26. The van der Waals surface area contributed by atoms with Gasteiger partial charge in [-0.1, -0.05) is 17.3 Å². The van der Waals surface area contributed by atoms with Crippen LogP contribution in [0.15, 0.2) is 29.4 Å². The standard InChI is InChI=1S/C7H7N3O3/c8-7(9-11)5-3-1-2-4-6(5)10(12)13/h1-4,11H,(H2,8,9). The minimum atomic E-state index is -0.590. The highest BCUT2D eigenvalue weighted by molar-refractivity contribution is 6.00. The molecule has 3 N–H and O–H groups in total. The number of para-hydroxylation sites is 1. The van der Waals surface area contributed by atoms with E-state index < -0.39 is 4.92 Å². The molecule has 0 atom stereocenters. The SMILES string of the molecule is NC(=NO)c1ccccc1[N+](=O)[O-]. The Morgan fingerprint density at radius 3 is 2.69 bits per heavy atom. The maximum Gasteiger partial charge on any atom is 0.280 e. The van der Waals surface area contributed by atoms with E-state index in [0.717, 1.165) is 0 Å². The van der Waals surface area contributed by atoms with Crippen molar-refractivity contribution in [1.29, 1.82) is 0 Å². The number of benzene rings is 1. The van der Waals surface area contributed by atoms with Crippen LogP contribution in [0.25, 0.3) is 0 Å². The Morgan fingerprint density at radius 1 is 1.54 bits per heavy atom. The molecule has 0 fully saturated rings. The first-order valence-corrected chi connectivity index (χ1v) is 3.38. The molecule has 0 aliphatic carbocycles. The van der Waals surface area contributed by atoms with Crippen LogP contribution in [0.1, 0.15) is 5.56 Å². The van der Waals surface area contributed by atoms with Gasteiger partial charge in [0, 0.05) is 6.07 Å². The molecule has 6 heteroatoms. The van der Waals surface area contributed by atoms with Crippen LogP contribution in [0, 0.1) is 10.1 Å². The normalized spacial score (nSPS) is 11.2. The summed E-state index contributed by atoms with van der Waals surface area (Å²) in [5, 5.41) is 21.5. The zero-order valence-electron chi connectivity index (χ0n) is 6.54. The fourth-order valence-electron chi connectivity index (χ4n) is 0.903. The van der Waals surface area contributed by atoms with Gasteiger partial charge in [-0.2, -0.15) is 0 Å². The van der Waals surface area contributed by atoms with Crippen LogP contribution >= 0.6 is 0 Å². The second kappa shape index (κ2) is 3.53. The molecule has 13 heavy (non-hydrogen) atoms. The first-order chi connectivity index (χ1) is 6.16. The highest BCUT2D eigenvalue weighted by Crippen LogP contribution is 2.16. The van der Waals surface area contributed by atoms with Gasteiger partial charge in [0.25, 0.3) is 5.69 Å². The summed E-state index contributed by atoms with van der Waals surface area (Å²) < 4.78 is 0. The van der Waals surface area contributed by atoms with Crippen molar-refractivity contribution in [3.8, 4) is 0 Å². The molecule has 0 radical (unpaired) electrons. The van der Waals surface area contributed by atoms with Gasteiger partial charge < -0.3 is 10.9 Å². The van der Waals surface area contributed by atoms with E-state index in [9.17, 15) is 10.1 Å². The van der Waals surface area contributed by atoms with Gasteiger partial charge in [0.1, 0.15) is 0 Å². The highest BCUT2D eigenvalue weighted by Gasteiger charge is 2.15. The minimum absolute atomic E-state index is 0.106. The molecule has 0 aliphatic rings. The predicted octanol–water partition coefficient (Wildman–Crippen LogP) is 0.689. The van der Waals surface area contributed by atoms with E-state index >= 15 is 0 Å². The fraction of sp³-hybridized carbons (Fsp3) is 0. The molecular formula is C7H7N3O3. The van der Waals surface area contributed by atoms with Crippen molar-refractivity contribution in [3.63, 3.8) is 0 Å². The first kappa shape index (κ1) is 8.98. The zero-order valence-corrected chi connectivity index (χ0v) is 6.54. The molecular weight excluding hydrogens is 174 g/mol. The predicted molar refractivity (Wildman–Crippen MR) is 45.6 cm³/mol. The summed E-state index contributed by atoms with van der Waals surface area (Å²) in [4.78, 5) is 9.87. The molecule has 0 aliphatic heterocycles. The van der Waals surface area contributed by atoms with Crippen molar-refractivity contribution in [2.24, 2.45) is 10.9 Å². The largest absolute Gasteiger partial charge is 0.409 e. The maximum absolute atomic E-state index is 10.5.